The number of nitrogens with zero attached hydrogens (tertiary/aromatic N) is 2. The Morgan fingerprint density at radius 3 is 2.93 bits per heavy atom. The number of aromatic amines is 2. The van der Waals surface area contributed by atoms with Crippen LogP contribution in [0.5, 0.6) is 0 Å². The van der Waals surface area contributed by atoms with Crippen molar-refractivity contribution >= 4 is 22.8 Å². The van der Waals surface area contributed by atoms with Gasteiger partial charge in [0.1, 0.15) is 5.39 Å². The SMILES string of the molecule is CCSc1ncc2c(=O)[nH]c(=O)[nH]c2n1. The molecule has 0 aliphatic carbocycles. The van der Waals surface area contributed by atoms with Gasteiger partial charge in [0.05, 0.1) is 0 Å². The van der Waals surface area contributed by atoms with Crippen LogP contribution in [0.1, 0.15) is 6.92 Å². The van der Waals surface area contributed by atoms with E-state index in [1.165, 1.54) is 18.0 Å². The van der Waals surface area contributed by atoms with Crippen LogP contribution in [0.2, 0.25) is 0 Å². The first-order valence-electron chi connectivity index (χ1n) is 4.33. The number of thioether (sulfide) groups is 1. The molecule has 0 radical (unpaired) electrons. The second kappa shape index (κ2) is 3.85. The summed E-state index contributed by atoms with van der Waals surface area (Å²) in [4.78, 5) is 34.9. The van der Waals surface area contributed by atoms with Crippen LogP contribution in [0.15, 0.2) is 20.9 Å². The maximum atomic E-state index is 11.3. The second-order valence-electron chi connectivity index (χ2n) is 2.76. The Kier molecular flexibility index (Phi) is 2.55. The van der Waals surface area contributed by atoms with Crippen LogP contribution in [0, 0.1) is 0 Å². The summed E-state index contributed by atoms with van der Waals surface area (Å²) in [5.41, 5.74) is -0.754. The van der Waals surface area contributed by atoms with E-state index in [-0.39, 0.29) is 11.0 Å². The summed E-state index contributed by atoms with van der Waals surface area (Å²) in [6.07, 6.45) is 1.41. The van der Waals surface area contributed by atoms with Crippen molar-refractivity contribution in [1.29, 1.82) is 0 Å². The van der Waals surface area contributed by atoms with E-state index in [9.17, 15) is 9.59 Å². The van der Waals surface area contributed by atoms with Crippen molar-refractivity contribution in [3.8, 4) is 0 Å². The molecule has 0 bridgehead atoms. The fraction of sp³-hybridized carbons (Fsp3) is 0.250. The summed E-state index contributed by atoms with van der Waals surface area (Å²) in [5.74, 6) is 0.832. The Morgan fingerprint density at radius 2 is 2.20 bits per heavy atom. The van der Waals surface area contributed by atoms with Gasteiger partial charge in [-0.05, 0) is 5.75 Å². The molecule has 15 heavy (non-hydrogen) atoms. The van der Waals surface area contributed by atoms with Crippen LogP contribution >= 0.6 is 11.8 Å². The van der Waals surface area contributed by atoms with Crippen LogP contribution in [-0.4, -0.2) is 25.7 Å². The molecule has 0 aromatic carbocycles. The predicted octanol–water partition coefficient (Wildman–Crippen LogP) is 0.118. The van der Waals surface area contributed by atoms with Gasteiger partial charge in [-0.2, -0.15) is 0 Å². The molecule has 0 unspecified atom stereocenters. The van der Waals surface area contributed by atoms with E-state index in [0.717, 1.165) is 5.75 Å². The first kappa shape index (κ1) is 9.91. The summed E-state index contributed by atoms with van der Waals surface area (Å²) < 4.78 is 0. The van der Waals surface area contributed by atoms with Gasteiger partial charge in [-0.1, -0.05) is 18.7 Å². The maximum absolute atomic E-state index is 11.3. The first-order chi connectivity index (χ1) is 7.20. The van der Waals surface area contributed by atoms with E-state index < -0.39 is 11.2 Å². The highest BCUT2D eigenvalue weighted by molar-refractivity contribution is 7.99. The van der Waals surface area contributed by atoms with Crippen molar-refractivity contribution in [2.24, 2.45) is 0 Å². The summed E-state index contributed by atoms with van der Waals surface area (Å²) in [7, 11) is 0. The molecule has 0 fully saturated rings. The predicted molar refractivity (Wildman–Crippen MR) is 57.2 cm³/mol. The quantitative estimate of drug-likeness (QED) is 0.558. The topological polar surface area (TPSA) is 91.5 Å². The van der Waals surface area contributed by atoms with Gasteiger partial charge in [-0.15, -0.1) is 0 Å². The zero-order valence-corrected chi connectivity index (χ0v) is 8.72. The summed E-state index contributed by atoms with van der Waals surface area (Å²) in [6, 6.07) is 0. The van der Waals surface area contributed by atoms with E-state index in [4.69, 9.17) is 0 Å². The number of H-pyrrole nitrogens is 2. The van der Waals surface area contributed by atoms with Crippen molar-refractivity contribution in [3.63, 3.8) is 0 Å². The van der Waals surface area contributed by atoms with Gasteiger partial charge in [0, 0.05) is 6.20 Å². The normalized spacial score (nSPS) is 10.7. The lowest BCUT2D eigenvalue weighted by molar-refractivity contribution is 0.960. The molecule has 2 aromatic heterocycles. The minimum atomic E-state index is -0.557. The molecule has 78 valence electrons. The molecular weight excluding hydrogens is 216 g/mol. The third-order valence-electron chi connectivity index (χ3n) is 1.74. The van der Waals surface area contributed by atoms with Gasteiger partial charge in [-0.3, -0.25) is 14.8 Å². The van der Waals surface area contributed by atoms with Crippen LogP contribution in [0.3, 0.4) is 0 Å². The minimum absolute atomic E-state index is 0.273. The van der Waals surface area contributed by atoms with Crippen molar-refractivity contribution in [2.75, 3.05) is 5.75 Å². The Labute approximate surface area is 88.2 Å². The average molecular weight is 224 g/mol. The van der Waals surface area contributed by atoms with Gasteiger partial charge in [0.2, 0.25) is 0 Å². The second-order valence-corrected chi connectivity index (χ2v) is 3.99. The van der Waals surface area contributed by atoms with Crippen LogP contribution < -0.4 is 11.2 Å². The molecule has 6 nitrogen and oxygen atoms in total. The van der Waals surface area contributed by atoms with E-state index in [1.54, 1.807) is 0 Å². The van der Waals surface area contributed by atoms with Crippen molar-refractivity contribution in [2.45, 2.75) is 12.1 Å². The Balaban J connectivity index is 2.71. The lowest BCUT2D eigenvalue weighted by Gasteiger charge is -1.98. The Hall–Kier alpha value is -1.63. The number of aromatic nitrogens is 4. The largest absolute Gasteiger partial charge is 0.327 e. The van der Waals surface area contributed by atoms with E-state index in [2.05, 4.69) is 19.9 Å². The highest BCUT2D eigenvalue weighted by Gasteiger charge is 2.04. The monoisotopic (exact) mass is 224 g/mol. The van der Waals surface area contributed by atoms with Crippen molar-refractivity contribution < 1.29 is 0 Å². The molecule has 0 saturated carbocycles. The molecule has 2 heterocycles. The van der Waals surface area contributed by atoms with Gasteiger partial charge in [-0.25, -0.2) is 14.8 Å². The molecule has 0 saturated heterocycles. The summed E-state index contributed by atoms with van der Waals surface area (Å²) in [5, 5.41) is 0.835. The van der Waals surface area contributed by atoms with E-state index in [1.807, 2.05) is 6.92 Å². The molecule has 7 heteroatoms. The minimum Gasteiger partial charge on any atom is -0.291 e. The van der Waals surface area contributed by atoms with E-state index >= 15 is 0 Å². The van der Waals surface area contributed by atoms with Gasteiger partial charge in [0.15, 0.2) is 10.8 Å². The lowest BCUT2D eigenvalue weighted by atomic mass is 10.4. The average Bonchev–Trinajstić information content (AvgIpc) is 2.17. The Morgan fingerprint density at radius 1 is 1.40 bits per heavy atom. The number of hydrogen-bond donors (Lipinski definition) is 2. The van der Waals surface area contributed by atoms with Crippen molar-refractivity contribution in [1.82, 2.24) is 19.9 Å². The maximum Gasteiger partial charge on any atom is 0.327 e. The summed E-state index contributed by atoms with van der Waals surface area (Å²) >= 11 is 1.45. The van der Waals surface area contributed by atoms with Crippen LogP contribution in [0.25, 0.3) is 11.0 Å². The highest BCUT2D eigenvalue weighted by Crippen LogP contribution is 2.12. The molecule has 0 spiro atoms. The number of hydrogen-bond acceptors (Lipinski definition) is 5. The molecular formula is C8H8N4O2S. The smallest absolute Gasteiger partial charge is 0.291 e. The molecule has 0 amide bonds. The number of nitrogens with one attached hydrogen (secondary N) is 2. The summed E-state index contributed by atoms with van der Waals surface area (Å²) in [6.45, 7) is 1.97. The zero-order valence-electron chi connectivity index (χ0n) is 7.90. The van der Waals surface area contributed by atoms with Crippen LogP contribution in [0.4, 0.5) is 0 Å². The molecule has 0 aliphatic heterocycles. The van der Waals surface area contributed by atoms with E-state index in [0.29, 0.717) is 5.16 Å². The standard InChI is InChI=1S/C8H8N4O2S/c1-2-15-8-9-3-4-5(11-8)10-7(14)12-6(4)13/h3H,2H2,1H3,(H2,9,10,11,12,13,14). The van der Waals surface area contributed by atoms with Gasteiger partial charge < -0.3 is 0 Å². The Bertz CT molecular complexity index is 603. The third kappa shape index (κ3) is 1.91. The fourth-order valence-corrected chi connectivity index (χ4v) is 1.68. The number of rotatable bonds is 2. The van der Waals surface area contributed by atoms with Gasteiger partial charge >= 0.3 is 5.69 Å². The number of fused-ring (bicyclic) bond motifs is 1. The molecule has 0 atom stereocenters. The van der Waals surface area contributed by atoms with Crippen molar-refractivity contribution in [3.05, 3.63) is 27.0 Å². The van der Waals surface area contributed by atoms with Gasteiger partial charge in [0.25, 0.3) is 5.56 Å². The molecule has 2 rings (SSSR count). The fourth-order valence-electron chi connectivity index (χ4n) is 1.13. The lowest BCUT2D eigenvalue weighted by Crippen LogP contribution is -2.22. The molecule has 2 aromatic rings. The first-order valence-corrected chi connectivity index (χ1v) is 5.31. The highest BCUT2D eigenvalue weighted by atomic mass is 32.2. The zero-order chi connectivity index (χ0) is 10.8. The molecule has 2 N–H and O–H groups in total. The third-order valence-corrected chi connectivity index (χ3v) is 2.49. The van der Waals surface area contributed by atoms with Crippen LogP contribution in [-0.2, 0) is 0 Å². The molecule has 0 aliphatic rings.